The molecule has 20 heavy (non-hydrogen) atoms. The second kappa shape index (κ2) is 5.69. The summed E-state index contributed by atoms with van der Waals surface area (Å²) in [4.78, 5) is 6.82. The highest BCUT2D eigenvalue weighted by molar-refractivity contribution is 9.10. The first-order valence-electron chi connectivity index (χ1n) is 7.14. The van der Waals surface area contributed by atoms with Crippen LogP contribution in [0.1, 0.15) is 25.7 Å². The Morgan fingerprint density at radius 2 is 2.20 bits per heavy atom. The van der Waals surface area contributed by atoms with Crippen molar-refractivity contribution in [3.63, 3.8) is 0 Å². The summed E-state index contributed by atoms with van der Waals surface area (Å²) in [6, 6.07) is 4.40. The van der Waals surface area contributed by atoms with Crippen LogP contribution in [0, 0.1) is 5.92 Å². The zero-order chi connectivity index (χ0) is 14.1. The molecule has 6 heteroatoms. The normalized spacial score (nSPS) is 23.1. The molecule has 5 nitrogen and oxygen atoms in total. The molecule has 2 atom stereocenters. The number of halogens is 1. The molecular weight excluding hydrogens is 318 g/mol. The Morgan fingerprint density at radius 3 is 3.00 bits per heavy atom. The van der Waals surface area contributed by atoms with E-state index < -0.39 is 0 Å². The van der Waals surface area contributed by atoms with E-state index in [0.717, 1.165) is 22.6 Å². The molecule has 0 amide bonds. The highest BCUT2D eigenvalue weighted by Crippen LogP contribution is 2.29. The van der Waals surface area contributed by atoms with Crippen molar-refractivity contribution in [2.75, 3.05) is 18.5 Å². The predicted molar refractivity (Wildman–Crippen MR) is 83.9 cm³/mol. The van der Waals surface area contributed by atoms with Crippen molar-refractivity contribution in [2.24, 2.45) is 11.7 Å². The SMILES string of the molecule is CN(c1nc2ccc(Br)cn2n1)C1CCCCC1CN. The summed E-state index contributed by atoms with van der Waals surface area (Å²) in [6.07, 6.45) is 6.88. The van der Waals surface area contributed by atoms with E-state index in [1.165, 1.54) is 25.7 Å². The van der Waals surface area contributed by atoms with E-state index in [-0.39, 0.29) is 0 Å². The lowest BCUT2D eigenvalue weighted by atomic mass is 9.84. The summed E-state index contributed by atoms with van der Waals surface area (Å²) < 4.78 is 2.82. The minimum atomic E-state index is 0.453. The number of anilines is 1. The topological polar surface area (TPSA) is 59.5 Å². The molecule has 0 aliphatic heterocycles. The van der Waals surface area contributed by atoms with Crippen molar-refractivity contribution in [3.8, 4) is 0 Å². The van der Waals surface area contributed by atoms with Crippen LogP contribution in [0.4, 0.5) is 5.95 Å². The van der Waals surface area contributed by atoms with Crippen molar-refractivity contribution < 1.29 is 0 Å². The second-order valence-electron chi connectivity index (χ2n) is 5.52. The van der Waals surface area contributed by atoms with Gasteiger partial charge in [-0.2, -0.15) is 4.98 Å². The molecule has 2 aromatic rings. The molecule has 1 aliphatic carbocycles. The Kier molecular flexibility index (Phi) is 3.94. The fraction of sp³-hybridized carbons (Fsp3) is 0.571. The summed E-state index contributed by atoms with van der Waals surface area (Å²) in [5.41, 5.74) is 6.80. The number of pyridine rings is 1. The first kappa shape index (κ1) is 13.8. The van der Waals surface area contributed by atoms with E-state index in [0.29, 0.717) is 12.0 Å². The van der Waals surface area contributed by atoms with Gasteiger partial charge in [0, 0.05) is 23.8 Å². The predicted octanol–water partition coefficient (Wildman–Crippen LogP) is 2.45. The van der Waals surface area contributed by atoms with Gasteiger partial charge in [0.25, 0.3) is 0 Å². The highest BCUT2D eigenvalue weighted by atomic mass is 79.9. The van der Waals surface area contributed by atoms with E-state index in [4.69, 9.17) is 5.73 Å². The number of nitrogens with zero attached hydrogens (tertiary/aromatic N) is 4. The highest BCUT2D eigenvalue weighted by Gasteiger charge is 2.29. The molecule has 0 radical (unpaired) electrons. The van der Waals surface area contributed by atoms with Crippen LogP contribution in [0.3, 0.4) is 0 Å². The molecule has 3 rings (SSSR count). The van der Waals surface area contributed by atoms with Gasteiger partial charge >= 0.3 is 0 Å². The van der Waals surface area contributed by atoms with Gasteiger partial charge in [0.15, 0.2) is 5.65 Å². The van der Waals surface area contributed by atoms with Gasteiger partial charge in [-0.1, -0.05) is 12.8 Å². The van der Waals surface area contributed by atoms with Gasteiger partial charge in [-0.15, -0.1) is 5.10 Å². The van der Waals surface area contributed by atoms with Gasteiger partial charge in [0.1, 0.15) is 0 Å². The van der Waals surface area contributed by atoms with Gasteiger partial charge in [0.05, 0.1) is 0 Å². The molecule has 0 aromatic carbocycles. The molecule has 1 saturated carbocycles. The van der Waals surface area contributed by atoms with Crippen LogP contribution in [-0.2, 0) is 0 Å². The summed E-state index contributed by atoms with van der Waals surface area (Å²) in [7, 11) is 2.09. The summed E-state index contributed by atoms with van der Waals surface area (Å²) in [5, 5.41) is 4.58. The average Bonchev–Trinajstić information content (AvgIpc) is 2.89. The van der Waals surface area contributed by atoms with Gasteiger partial charge in [-0.3, -0.25) is 0 Å². The lowest BCUT2D eigenvalue weighted by Crippen LogP contribution is -2.43. The van der Waals surface area contributed by atoms with E-state index in [9.17, 15) is 0 Å². The average molecular weight is 338 g/mol. The summed E-state index contributed by atoms with van der Waals surface area (Å²) >= 11 is 3.46. The monoisotopic (exact) mass is 337 g/mol. The Labute approximate surface area is 127 Å². The second-order valence-corrected chi connectivity index (χ2v) is 6.44. The maximum absolute atomic E-state index is 5.93. The summed E-state index contributed by atoms with van der Waals surface area (Å²) in [6.45, 7) is 0.744. The van der Waals surface area contributed by atoms with Crippen LogP contribution in [0.25, 0.3) is 5.65 Å². The Bertz CT molecular complexity index is 596. The minimum Gasteiger partial charge on any atom is -0.339 e. The molecule has 0 bridgehead atoms. The summed E-state index contributed by atoms with van der Waals surface area (Å²) in [5.74, 6) is 1.33. The molecule has 2 N–H and O–H groups in total. The quantitative estimate of drug-likeness (QED) is 0.934. The van der Waals surface area contributed by atoms with Crippen LogP contribution in [-0.4, -0.2) is 34.2 Å². The Balaban J connectivity index is 1.89. The number of hydrogen-bond donors (Lipinski definition) is 1. The molecule has 1 fully saturated rings. The third kappa shape index (κ3) is 2.54. The third-order valence-electron chi connectivity index (χ3n) is 4.27. The maximum Gasteiger partial charge on any atom is 0.245 e. The largest absolute Gasteiger partial charge is 0.339 e. The van der Waals surface area contributed by atoms with Crippen LogP contribution < -0.4 is 10.6 Å². The fourth-order valence-electron chi connectivity index (χ4n) is 3.12. The van der Waals surface area contributed by atoms with E-state index in [1.807, 2.05) is 22.8 Å². The number of fused-ring (bicyclic) bond motifs is 1. The Morgan fingerprint density at radius 1 is 1.40 bits per heavy atom. The van der Waals surface area contributed by atoms with Crippen LogP contribution >= 0.6 is 15.9 Å². The molecule has 0 spiro atoms. The van der Waals surface area contributed by atoms with Crippen molar-refractivity contribution in [3.05, 3.63) is 22.8 Å². The maximum atomic E-state index is 5.93. The number of aromatic nitrogens is 3. The van der Waals surface area contributed by atoms with Gasteiger partial charge in [-0.25, -0.2) is 4.52 Å². The smallest absolute Gasteiger partial charge is 0.245 e. The van der Waals surface area contributed by atoms with Crippen LogP contribution in [0.5, 0.6) is 0 Å². The zero-order valence-electron chi connectivity index (χ0n) is 11.7. The van der Waals surface area contributed by atoms with Gasteiger partial charge in [-0.05, 0) is 53.4 Å². The molecule has 2 aromatic heterocycles. The molecule has 2 heterocycles. The Hall–Kier alpha value is -1.14. The van der Waals surface area contributed by atoms with Gasteiger partial charge in [0.2, 0.25) is 5.95 Å². The lowest BCUT2D eigenvalue weighted by Gasteiger charge is -2.36. The van der Waals surface area contributed by atoms with E-state index in [2.05, 4.69) is 38.0 Å². The molecule has 108 valence electrons. The van der Waals surface area contributed by atoms with Crippen LogP contribution in [0.2, 0.25) is 0 Å². The first-order chi connectivity index (χ1) is 9.69. The number of nitrogens with two attached hydrogens (primary N) is 1. The third-order valence-corrected chi connectivity index (χ3v) is 4.74. The van der Waals surface area contributed by atoms with Crippen molar-refractivity contribution in [1.82, 2.24) is 14.6 Å². The van der Waals surface area contributed by atoms with E-state index in [1.54, 1.807) is 0 Å². The number of rotatable bonds is 3. The van der Waals surface area contributed by atoms with Gasteiger partial charge < -0.3 is 10.6 Å². The zero-order valence-corrected chi connectivity index (χ0v) is 13.3. The molecular formula is C14H20BrN5. The van der Waals surface area contributed by atoms with Crippen molar-refractivity contribution >= 4 is 27.5 Å². The van der Waals surface area contributed by atoms with Crippen molar-refractivity contribution in [1.29, 1.82) is 0 Å². The lowest BCUT2D eigenvalue weighted by molar-refractivity contribution is 0.304. The first-order valence-corrected chi connectivity index (χ1v) is 7.93. The standard InChI is InChI=1S/C14H20BrN5/c1-19(12-5-3-2-4-10(12)8-16)14-17-13-7-6-11(15)9-20(13)18-14/h6-7,9-10,12H,2-5,8,16H2,1H3. The minimum absolute atomic E-state index is 0.453. The van der Waals surface area contributed by atoms with E-state index >= 15 is 0 Å². The fourth-order valence-corrected chi connectivity index (χ4v) is 3.44. The van der Waals surface area contributed by atoms with Crippen molar-refractivity contribution in [2.45, 2.75) is 31.7 Å². The van der Waals surface area contributed by atoms with Crippen LogP contribution in [0.15, 0.2) is 22.8 Å². The molecule has 1 aliphatic rings. The molecule has 0 saturated heterocycles. The molecule has 2 unspecified atom stereocenters. The number of hydrogen-bond acceptors (Lipinski definition) is 4.